The van der Waals surface area contributed by atoms with Gasteiger partial charge in [0.25, 0.3) is 0 Å². The Hall–Kier alpha value is -3.15. The van der Waals surface area contributed by atoms with Gasteiger partial charge in [-0.2, -0.15) is 5.10 Å². The van der Waals surface area contributed by atoms with Crippen molar-refractivity contribution >= 4 is 34.1 Å². The van der Waals surface area contributed by atoms with Gasteiger partial charge in [0.2, 0.25) is 11.8 Å². The van der Waals surface area contributed by atoms with Crippen LogP contribution in [0.4, 0.5) is 11.4 Å². The Bertz CT molecular complexity index is 947. The summed E-state index contributed by atoms with van der Waals surface area (Å²) in [4.78, 5) is 28.1. The first-order valence-corrected chi connectivity index (χ1v) is 7.71. The molecule has 2 aromatic carbocycles. The first kappa shape index (κ1) is 14.4. The Morgan fingerprint density at radius 2 is 1.79 bits per heavy atom. The molecule has 0 unspecified atom stereocenters. The van der Waals surface area contributed by atoms with Crippen molar-refractivity contribution in [3.8, 4) is 0 Å². The van der Waals surface area contributed by atoms with Crippen LogP contribution < -0.4 is 9.80 Å². The van der Waals surface area contributed by atoms with Crippen LogP contribution in [-0.4, -0.2) is 35.2 Å². The van der Waals surface area contributed by atoms with Gasteiger partial charge in [0.05, 0.1) is 23.1 Å². The molecular formula is C18H16N4O2. The summed E-state index contributed by atoms with van der Waals surface area (Å²) in [6, 6.07) is 15.2. The second kappa shape index (κ2) is 5.49. The Kier molecular flexibility index (Phi) is 3.30. The zero-order chi connectivity index (χ0) is 16.7. The van der Waals surface area contributed by atoms with Crippen molar-refractivity contribution < 1.29 is 9.59 Å². The summed E-state index contributed by atoms with van der Waals surface area (Å²) >= 11 is 0. The molecule has 1 aliphatic heterocycles. The number of anilines is 2. The minimum absolute atomic E-state index is 0.0472. The molecule has 2 amide bonds. The van der Waals surface area contributed by atoms with Gasteiger partial charge in [0, 0.05) is 12.4 Å². The lowest BCUT2D eigenvalue weighted by Crippen LogP contribution is -2.47. The number of aromatic nitrogens is 2. The van der Waals surface area contributed by atoms with E-state index in [0.717, 1.165) is 22.3 Å². The van der Waals surface area contributed by atoms with Crippen molar-refractivity contribution in [3.63, 3.8) is 0 Å². The SMILES string of the molecule is CN1C(=O)CN(C(=O)Cn2ncc3ccccc32)c2ccccc21. The predicted molar refractivity (Wildman–Crippen MR) is 91.9 cm³/mol. The molecule has 0 aliphatic carbocycles. The molecule has 6 nitrogen and oxygen atoms in total. The topological polar surface area (TPSA) is 58.4 Å². The van der Waals surface area contributed by atoms with Gasteiger partial charge in [-0.1, -0.05) is 30.3 Å². The summed E-state index contributed by atoms with van der Waals surface area (Å²) in [7, 11) is 1.73. The van der Waals surface area contributed by atoms with E-state index in [1.54, 1.807) is 22.8 Å². The van der Waals surface area contributed by atoms with Crippen molar-refractivity contribution in [2.24, 2.45) is 0 Å². The van der Waals surface area contributed by atoms with Crippen molar-refractivity contribution in [2.45, 2.75) is 6.54 Å². The Balaban J connectivity index is 1.67. The molecule has 4 rings (SSSR count). The van der Waals surface area contributed by atoms with Crippen LogP contribution in [0.1, 0.15) is 0 Å². The highest BCUT2D eigenvalue weighted by atomic mass is 16.2. The first-order valence-electron chi connectivity index (χ1n) is 7.71. The van der Waals surface area contributed by atoms with Gasteiger partial charge in [0.15, 0.2) is 0 Å². The molecule has 1 aromatic heterocycles. The molecule has 3 aromatic rings. The van der Waals surface area contributed by atoms with Crippen molar-refractivity contribution in [3.05, 3.63) is 54.7 Å². The number of amides is 2. The first-order chi connectivity index (χ1) is 11.6. The normalized spacial score (nSPS) is 14.1. The number of hydrogen-bond donors (Lipinski definition) is 0. The minimum atomic E-state index is -0.155. The third-order valence-corrected chi connectivity index (χ3v) is 4.34. The van der Waals surface area contributed by atoms with E-state index in [9.17, 15) is 9.59 Å². The smallest absolute Gasteiger partial charge is 0.249 e. The summed E-state index contributed by atoms with van der Waals surface area (Å²) in [5.41, 5.74) is 2.40. The minimum Gasteiger partial charge on any atom is -0.312 e. The van der Waals surface area contributed by atoms with E-state index in [4.69, 9.17) is 0 Å². The number of benzene rings is 2. The predicted octanol–water partition coefficient (Wildman–Crippen LogP) is 2.05. The molecule has 0 radical (unpaired) electrons. The molecule has 0 N–H and O–H groups in total. The summed E-state index contributed by atoms with van der Waals surface area (Å²) < 4.78 is 1.67. The molecule has 0 saturated carbocycles. The quantitative estimate of drug-likeness (QED) is 0.726. The second-order valence-electron chi connectivity index (χ2n) is 5.78. The molecule has 2 heterocycles. The van der Waals surface area contributed by atoms with Crippen LogP contribution in [0.15, 0.2) is 54.7 Å². The van der Waals surface area contributed by atoms with Crippen LogP contribution in [0, 0.1) is 0 Å². The van der Waals surface area contributed by atoms with Gasteiger partial charge in [0.1, 0.15) is 13.1 Å². The number of hydrogen-bond acceptors (Lipinski definition) is 3. The van der Waals surface area contributed by atoms with Gasteiger partial charge in [-0.15, -0.1) is 0 Å². The van der Waals surface area contributed by atoms with E-state index in [-0.39, 0.29) is 24.9 Å². The molecule has 0 saturated heterocycles. The van der Waals surface area contributed by atoms with Crippen LogP contribution in [0.25, 0.3) is 10.9 Å². The fourth-order valence-electron chi connectivity index (χ4n) is 3.02. The van der Waals surface area contributed by atoms with Crippen LogP contribution in [-0.2, 0) is 16.1 Å². The average Bonchev–Trinajstić information content (AvgIpc) is 3.01. The maximum atomic E-state index is 12.8. The Labute approximate surface area is 138 Å². The maximum absolute atomic E-state index is 12.8. The zero-order valence-electron chi connectivity index (χ0n) is 13.2. The molecule has 0 fully saturated rings. The molecule has 0 spiro atoms. The number of likely N-dealkylation sites (N-methyl/N-ethyl adjacent to an activating group) is 1. The van der Waals surface area contributed by atoms with Crippen LogP contribution in [0.5, 0.6) is 0 Å². The van der Waals surface area contributed by atoms with E-state index in [1.165, 1.54) is 4.90 Å². The summed E-state index contributed by atoms with van der Waals surface area (Å²) in [6.07, 6.45) is 1.74. The van der Waals surface area contributed by atoms with Crippen LogP contribution in [0.2, 0.25) is 0 Å². The second-order valence-corrected chi connectivity index (χ2v) is 5.78. The van der Waals surface area contributed by atoms with Gasteiger partial charge < -0.3 is 4.90 Å². The average molecular weight is 320 g/mol. The number of carbonyl (C=O) groups is 2. The van der Waals surface area contributed by atoms with E-state index >= 15 is 0 Å². The fourth-order valence-corrected chi connectivity index (χ4v) is 3.02. The highest BCUT2D eigenvalue weighted by molar-refractivity contribution is 6.10. The third-order valence-electron chi connectivity index (χ3n) is 4.34. The fraction of sp³-hybridized carbons (Fsp3) is 0.167. The van der Waals surface area contributed by atoms with E-state index in [1.807, 2.05) is 48.5 Å². The van der Waals surface area contributed by atoms with Gasteiger partial charge >= 0.3 is 0 Å². The van der Waals surface area contributed by atoms with Crippen molar-refractivity contribution in [2.75, 3.05) is 23.4 Å². The van der Waals surface area contributed by atoms with Crippen LogP contribution >= 0.6 is 0 Å². The standard InChI is InChI=1S/C18H16N4O2/c1-20-15-8-4-5-9-16(15)21(11-17(20)23)18(24)12-22-14-7-3-2-6-13(14)10-19-22/h2-10H,11-12H2,1H3. The highest BCUT2D eigenvalue weighted by Crippen LogP contribution is 2.32. The summed E-state index contributed by atoms with van der Waals surface area (Å²) in [5.74, 6) is -0.259. The number of rotatable bonds is 2. The third kappa shape index (κ3) is 2.23. The maximum Gasteiger partial charge on any atom is 0.249 e. The van der Waals surface area contributed by atoms with E-state index < -0.39 is 0 Å². The molecule has 1 aliphatic rings. The number of carbonyl (C=O) groups excluding carboxylic acids is 2. The van der Waals surface area contributed by atoms with Gasteiger partial charge in [-0.25, -0.2) is 0 Å². The molecule has 0 bridgehead atoms. The van der Waals surface area contributed by atoms with E-state index in [0.29, 0.717) is 0 Å². The largest absolute Gasteiger partial charge is 0.312 e. The lowest BCUT2D eigenvalue weighted by Gasteiger charge is -2.34. The van der Waals surface area contributed by atoms with Crippen molar-refractivity contribution in [1.29, 1.82) is 0 Å². The van der Waals surface area contributed by atoms with Crippen LogP contribution in [0.3, 0.4) is 0 Å². The summed E-state index contributed by atoms with van der Waals surface area (Å²) in [6.45, 7) is 0.143. The lowest BCUT2D eigenvalue weighted by atomic mass is 10.1. The molecule has 120 valence electrons. The Morgan fingerprint density at radius 1 is 1.08 bits per heavy atom. The monoisotopic (exact) mass is 320 g/mol. The number of fused-ring (bicyclic) bond motifs is 2. The molecular weight excluding hydrogens is 304 g/mol. The van der Waals surface area contributed by atoms with Gasteiger partial charge in [-0.3, -0.25) is 19.2 Å². The molecule has 0 atom stereocenters. The zero-order valence-corrected chi connectivity index (χ0v) is 13.2. The lowest BCUT2D eigenvalue weighted by molar-refractivity contribution is -0.123. The van der Waals surface area contributed by atoms with Crippen molar-refractivity contribution in [1.82, 2.24) is 9.78 Å². The van der Waals surface area contributed by atoms with E-state index in [2.05, 4.69) is 5.10 Å². The highest BCUT2D eigenvalue weighted by Gasteiger charge is 2.30. The number of nitrogens with zero attached hydrogens (tertiary/aromatic N) is 4. The number of para-hydroxylation sites is 3. The van der Waals surface area contributed by atoms with Gasteiger partial charge in [-0.05, 0) is 18.2 Å². The molecule has 24 heavy (non-hydrogen) atoms. The Morgan fingerprint density at radius 3 is 2.62 bits per heavy atom. The summed E-state index contributed by atoms with van der Waals surface area (Å²) in [5, 5.41) is 5.28. The molecule has 6 heteroatoms.